The summed E-state index contributed by atoms with van der Waals surface area (Å²) in [7, 11) is 0. The number of ether oxygens (including phenoxy) is 1. The fraction of sp³-hybridized carbons (Fsp3) is 0.933. The molecule has 0 radical (unpaired) electrons. The Morgan fingerprint density at radius 2 is 2.16 bits per heavy atom. The van der Waals surface area contributed by atoms with E-state index in [9.17, 15) is 4.79 Å². The van der Waals surface area contributed by atoms with Crippen molar-refractivity contribution < 1.29 is 9.53 Å². The summed E-state index contributed by atoms with van der Waals surface area (Å²) in [6.07, 6.45) is 3.57. The summed E-state index contributed by atoms with van der Waals surface area (Å²) >= 11 is 0. The van der Waals surface area contributed by atoms with Gasteiger partial charge < -0.3 is 9.64 Å². The van der Waals surface area contributed by atoms with Crippen LogP contribution in [0.1, 0.15) is 47.0 Å². The van der Waals surface area contributed by atoms with Gasteiger partial charge in [-0.25, -0.2) is 0 Å². The number of hydrogen-bond acceptors (Lipinski definition) is 4. The monoisotopic (exact) mass is 268 g/mol. The highest BCUT2D eigenvalue weighted by molar-refractivity contribution is 5.80. The predicted octanol–water partition coefficient (Wildman–Crippen LogP) is 1.79. The molecule has 2 fully saturated rings. The van der Waals surface area contributed by atoms with E-state index in [0.717, 1.165) is 19.6 Å². The second-order valence-corrected chi connectivity index (χ2v) is 7.10. The van der Waals surface area contributed by atoms with Crippen LogP contribution in [0.5, 0.6) is 0 Å². The minimum atomic E-state index is -0.558. The molecule has 1 saturated heterocycles. The van der Waals surface area contributed by atoms with E-state index in [-0.39, 0.29) is 5.97 Å². The van der Waals surface area contributed by atoms with Crippen molar-refractivity contribution in [1.82, 2.24) is 10.2 Å². The molecule has 4 nitrogen and oxygen atoms in total. The Bertz CT molecular complexity index is 339. The number of carbonyl (C=O) groups is 1. The van der Waals surface area contributed by atoms with E-state index in [1.165, 1.54) is 19.3 Å². The molecule has 1 unspecified atom stereocenters. The van der Waals surface area contributed by atoms with Gasteiger partial charge in [-0.1, -0.05) is 13.8 Å². The highest BCUT2D eigenvalue weighted by Crippen LogP contribution is 2.31. The summed E-state index contributed by atoms with van der Waals surface area (Å²) in [6.45, 7) is 11.8. The molecular weight excluding hydrogens is 240 g/mol. The molecule has 1 heterocycles. The molecule has 19 heavy (non-hydrogen) atoms. The van der Waals surface area contributed by atoms with Crippen molar-refractivity contribution in [2.75, 3.05) is 26.2 Å². The highest BCUT2D eigenvalue weighted by Gasteiger charge is 2.43. The predicted molar refractivity (Wildman–Crippen MR) is 76.0 cm³/mol. The van der Waals surface area contributed by atoms with Crippen molar-refractivity contribution in [3.63, 3.8) is 0 Å². The maximum atomic E-state index is 12.3. The Labute approximate surface area is 116 Å². The summed E-state index contributed by atoms with van der Waals surface area (Å²) in [4.78, 5) is 14.7. The Hall–Kier alpha value is -0.610. The van der Waals surface area contributed by atoms with Gasteiger partial charge in [-0.15, -0.1) is 0 Å². The molecular formula is C15H28N2O2. The zero-order valence-electron chi connectivity index (χ0n) is 12.8. The van der Waals surface area contributed by atoms with Crippen molar-refractivity contribution in [2.24, 2.45) is 5.41 Å². The van der Waals surface area contributed by atoms with Crippen LogP contribution >= 0.6 is 0 Å². The van der Waals surface area contributed by atoms with Crippen molar-refractivity contribution in [2.45, 2.75) is 58.5 Å². The van der Waals surface area contributed by atoms with Crippen LogP contribution < -0.4 is 5.32 Å². The molecule has 0 spiro atoms. The SMILES string of the molecule is CCOC(=O)C(C)(CN1CCC(C)(C)C1)NC1CC1. The van der Waals surface area contributed by atoms with Gasteiger partial charge in [0.1, 0.15) is 5.54 Å². The standard InChI is InChI=1S/C15H28N2O2/c1-5-19-13(18)15(4,16-12-6-7-12)11-17-9-8-14(2,3)10-17/h12,16H,5-11H2,1-4H3. The van der Waals surface area contributed by atoms with E-state index in [0.29, 0.717) is 18.1 Å². The smallest absolute Gasteiger partial charge is 0.327 e. The first kappa shape index (κ1) is 14.8. The molecule has 2 rings (SSSR count). The van der Waals surface area contributed by atoms with Gasteiger partial charge in [0, 0.05) is 19.1 Å². The van der Waals surface area contributed by atoms with Gasteiger partial charge in [-0.3, -0.25) is 10.1 Å². The minimum Gasteiger partial charge on any atom is -0.465 e. The minimum absolute atomic E-state index is 0.105. The molecule has 4 heteroatoms. The van der Waals surface area contributed by atoms with Crippen LogP contribution in [0.3, 0.4) is 0 Å². The fourth-order valence-corrected chi connectivity index (χ4v) is 2.94. The molecule has 0 aromatic heterocycles. The van der Waals surface area contributed by atoms with Crippen molar-refractivity contribution in [1.29, 1.82) is 0 Å². The molecule has 1 aliphatic heterocycles. The normalized spacial score (nSPS) is 26.1. The van der Waals surface area contributed by atoms with Crippen LogP contribution in [0.15, 0.2) is 0 Å². The van der Waals surface area contributed by atoms with Gasteiger partial charge in [-0.2, -0.15) is 0 Å². The lowest BCUT2D eigenvalue weighted by molar-refractivity contribution is -0.151. The van der Waals surface area contributed by atoms with Gasteiger partial charge in [0.15, 0.2) is 0 Å². The zero-order chi connectivity index (χ0) is 14.1. The zero-order valence-corrected chi connectivity index (χ0v) is 12.8. The molecule has 0 amide bonds. The molecule has 0 aromatic rings. The Morgan fingerprint density at radius 3 is 2.63 bits per heavy atom. The summed E-state index contributed by atoms with van der Waals surface area (Å²) in [5, 5.41) is 3.49. The molecule has 1 saturated carbocycles. The van der Waals surface area contributed by atoms with Crippen molar-refractivity contribution in [3.8, 4) is 0 Å². The summed E-state index contributed by atoms with van der Waals surface area (Å²) in [5.41, 5.74) is -0.188. The number of likely N-dealkylation sites (tertiary alicyclic amines) is 1. The topological polar surface area (TPSA) is 41.6 Å². The first-order chi connectivity index (χ1) is 8.85. The van der Waals surface area contributed by atoms with Gasteiger partial charge in [0.25, 0.3) is 0 Å². The quantitative estimate of drug-likeness (QED) is 0.746. The van der Waals surface area contributed by atoms with E-state index < -0.39 is 5.54 Å². The number of esters is 1. The van der Waals surface area contributed by atoms with E-state index in [2.05, 4.69) is 24.1 Å². The summed E-state index contributed by atoms with van der Waals surface area (Å²) in [5.74, 6) is -0.105. The van der Waals surface area contributed by atoms with Crippen molar-refractivity contribution >= 4 is 5.97 Å². The lowest BCUT2D eigenvalue weighted by Crippen LogP contribution is -2.58. The number of rotatable bonds is 6. The molecule has 1 atom stereocenters. The molecule has 1 aliphatic carbocycles. The van der Waals surface area contributed by atoms with E-state index in [1.54, 1.807) is 0 Å². The van der Waals surface area contributed by atoms with Crippen LogP contribution in [0.25, 0.3) is 0 Å². The number of carbonyl (C=O) groups excluding carboxylic acids is 1. The second kappa shape index (κ2) is 5.41. The first-order valence-electron chi connectivity index (χ1n) is 7.52. The molecule has 110 valence electrons. The first-order valence-corrected chi connectivity index (χ1v) is 7.52. The average molecular weight is 268 g/mol. The Balaban J connectivity index is 1.98. The third-order valence-corrected chi connectivity index (χ3v) is 4.12. The van der Waals surface area contributed by atoms with Crippen LogP contribution in [0.2, 0.25) is 0 Å². The third-order valence-electron chi connectivity index (χ3n) is 4.12. The maximum absolute atomic E-state index is 12.3. The van der Waals surface area contributed by atoms with E-state index in [1.807, 2.05) is 13.8 Å². The third kappa shape index (κ3) is 3.93. The van der Waals surface area contributed by atoms with Crippen LogP contribution in [0, 0.1) is 5.41 Å². The fourth-order valence-electron chi connectivity index (χ4n) is 2.94. The van der Waals surface area contributed by atoms with Crippen LogP contribution in [-0.4, -0.2) is 48.7 Å². The number of hydrogen-bond donors (Lipinski definition) is 1. The maximum Gasteiger partial charge on any atom is 0.327 e. The molecule has 1 N–H and O–H groups in total. The Morgan fingerprint density at radius 1 is 1.47 bits per heavy atom. The second-order valence-electron chi connectivity index (χ2n) is 7.10. The number of nitrogens with one attached hydrogen (secondary N) is 1. The number of nitrogens with zero attached hydrogens (tertiary/aromatic N) is 1. The summed E-state index contributed by atoms with van der Waals surface area (Å²) < 4.78 is 5.27. The lowest BCUT2D eigenvalue weighted by Gasteiger charge is -2.33. The van der Waals surface area contributed by atoms with Crippen LogP contribution in [-0.2, 0) is 9.53 Å². The lowest BCUT2D eigenvalue weighted by atomic mass is 9.93. The van der Waals surface area contributed by atoms with Gasteiger partial charge in [0.2, 0.25) is 0 Å². The largest absolute Gasteiger partial charge is 0.465 e. The van der Waals surface area contributed by atoms with E-state index >= 15 is 0 Å². The van der Waals surface area contributed by atoms with Crippen LogP contribution in [0.4, 0.5) is 0 Å². The van der Waals surface area contributed by atoms with Gasteiger partial charge >= 0.3 is 5.97 Å². The van der Waals surface area contributed by atoms with E-state index in [4.69, 9.17) is 4.74 Å². The van der Waals surface area contributed by atoms with Gasteiger partial charge in [0.05, 0.1) is 6.61 Å². The molecule has 0 bridgehead atoms. The van der Waals surface area contributed by atoms with Gasteiger partial charge in [-0.05, 0) is 45.1 Å². The van der Waals surface area contributed by atoms with Crippen molar-refractivity contribution in [3.05, 3.63) is 0 Å². The Kier molecular flexibility index (Phi) is 4.21. The highest BCUT2D eigenvalue weighted by atomic mass is 16.5. The molecule has 2 aliphatic rings. The molecule has 0 aromatic carbocycles. The average Bonchev–Trinajstić information content (AvgIpc) is 3.03. The summed E-state index contributed by atoms with van der Waals surface area (Å²) in [6, 6.07) is 0.505.